The van der Waals surface area contributed by atoms with Crippen molar-refractivity contribution in [2.45, 2.75) is 11.0 Å². The SMILES string of the molecule is CN(C(P(=O)(O)O)P(=O)(O)O)C(P(=O)(O)O)P(=O)(O)O. The summed E-state index contributed by atoms with van der Waals surface area (Å²) in [6.07, 6.45) is 0. The van der Waals surface area contributed by atoms with Gasteiger partial charge in [-0.1, -0.05) is 0 Å². The Kier molecular flexibility index (Phi) is 6.15. The van der Waals surface area contributed by atoms with Crippen molar-refractivity contribution < 1.29 is 57.4 Å². The van der Waals surface area contributed by atoms with Crippen LogP contribution in [0.5, 0.6) is 0 Å². The van der Waals surface area contributed by atoms with Gasteiger partial charge in [-0.3, -0.25) is 23.2 Å². The van der Waals surface area contributed by atoms with Crippen LogP contribution in [0.15, 0.2) is 0 Å². The first-order chi connectivity index (χ1) is 8.40. The van der Waals surface area contributed by atoms with Crippen molar-refractivity contribution in [3.63, 3.8) is 0 Å². The second-order valence-corrected chi connectivity index (χ2v) is 11.2. The van der Waals surface area contributed by atoms with Gasteiger partial charge in [0.15, 0.2) is 0 Å². The van der Waals surface area contributed by atoms with Gasteiger partial charge in [0, 0.05) is 0 Å². The van der Waals surface area contributed by atoms with Crippen molar-refractivity contribution in [1.29, 1.82) is 0 Å². The molecule has 0 unspecified atom stereocenters. The zero-order valence-corrected chi connectivity index (χ0v) is 13.2. The minimum Gasteiger partial charge on any atom is -0.323 e. The molecule has 0 spiro atoms. The van der Waals surface area contributed by atoms with Crippen LogP contribution in [-0.2, 0) is 18.3 Å². The molecule has 0 aromatic rings. The third-order valence-corrected chi connectivity index (χ3v) is 9.41. The van der Waals surface area contributed by atoms with Crippen LogP contribution in [-0.4, -0.2) is 62.1 Å². The summed E-state index contributed by atoms with van der Waals surface area (Å²) in [5.41, 5.74) is -6.22. The smallest absolute Gasteiger partial charge is 0.323 e. The largest absolute Gasteiger partial charge is 0.355 e. The highest BCUT2D eigenvalue weighted by Crippen LogP contribution is 2.68. The summed E-state index contributed by atoms with van der Waals surface area (Å²) in [6, 6.07) is 0. The quantitative estimate of drug-likeness (QED) is 0.238. The van der Waals surface area contributed by atoms with Gasteiger partial charge in [0.05, 0.1) is 0 Å². The highest BCUT2D eigenvalue weighted by atomic mass is 31.2. The second kappa shape index (κ2) is 5.98. The van der Waals surface area contributed by atoms with E-state index >= 15 is 0 Å². The van der Waals surface area contributed by atoms with Gasteiger partial charge in [0.2, 0.25) is 11.0 Å². The molecule has 13 nitrogen and oxygen atoms in total. The van der Waals surface area contributed by atoms with Crippen LogP contribution >= 0.6 is 30.4 Å². The van der Waals surface area contributed by atoms with Gasteiger partial charge in [-0.2, -0.15) is 0 Å². The molecule has 0 heterocycles. The van der Waals surface area contributed by atoms with Crippen molar-refractivity contribution in [2.75, 3.05) is 7.05 Å². The van der Waals surface area contributed by atoms with E-state index in [0.717, 1.165) is 0 Å². The van der Waals surface area contributed by atoms with Crippen LogP contribution in [0.2, 0.25) is 0 Å². The summed E-state index contributed by atoms with van der Waals surface area (Å²) in [4.78, 5) is 70.3. The lowest BCUT2D eigenvalue weighted by Crippen LogP contribution is -2.39. The molecule has 0 amide bonds. The van der Waals surface area contributed by atoms with Crippen LogP contribution in [0.4, 0.5) is 0 Å². The van der Waals surface area contributed by atoms with E-state index < -0.39 is 41.4 Å². The monoisotopic (exact) mass is 379 g/mol. The average molecular weight is 379 g/mol. The van der Waals surface area contributed by atoms with E-state index in [4.69, 9.17) is 39.1 Å². The Morgan fingerprint density at radius 3 is 0.850 bits per heavy atom. The van der Waals surface area contributed by atoms with Gasteiger partial charge < -0.3 is 39.1 Å². The Labute approximate surface area is 111 Å². The molecule has 0 rings (SSSR count). The molecular weight excluding hydrogens is 366 g/mol. The number of rotatable bonds is 6. The van der Waals surface area contributed by atoms with E-state index in [9.17, 15) is 18.3 Å². The molecule has 0 aliphatic rings. The number of hydrogen-bond acceptors (Lipinski definition) is 5. The molecule has 0 aliphatic carbocycles. The fraction of sp³-hybridized carbons (Fsp3) is 1.00. The maximum atomic E-state index is 11.0. The summed E-state index contributed by atoms with van der Waals surface area (Å²) in [7, 11) is -22.3. The molecule has 0 fully saturated rings. The fourth-order valence-electron chi connectivity index (χ4n) is 1.46. The third-order valence-electron chi connectivity index (χ3n) is 1.93. The maximum absolute atomic E-state index is 11.0. The maximum Gasteiger partial charge on any atom is 0.355 e. The normalized spacial score (nSPS) is 15.4. The van der Waals surface area contributed by atoms with E-state index in [1.54, 1.807) is 0 Å². The Balaban J connectivity index is 6.08. The van der Waals surface area contributed by atoms with Crippen molar-refractivity contribution in [3.8, 4) is 0 Å². The lowest BCUT2D eigenvalue weighted by Gasteiger charge is -2.34. The topological polar surface area (TPSA) is 233 Å². The highest BCUT2D eigenvalue weighted by Gasteiger charge is 2.56. The molecule has 0 atom stereocenters. The molecule has 0 aromatic heterocycles. The zero-order chi connectivity index (χ0) is 16.7. The Hall–Kier alpha value is 0.560. The zero-order valence-electron chi connectivity index (χ0n) is 9.60. The van der Waals surface area contributed by atoms with Crippen molar-refractivity contribution in [2.24, 2.45) is 0 Å². The van der Waals surface area contributed by atoms with Crippen molar-refractivity contribution in [1.82, 2.24) is 4.90 Å². The van der Waals surface area contributed by atoms with Gasteiger partial charge >= 0.3 is 30.4 Å². The first kappa shape index (κ1) is 20.6. The van der Waals surface area contributed by atoms with Crippen LogP contribution in [0.25, 0.3) is 0 Å². The van der Waals surface area contributed by atoms with Crippen LogP contribution < -0.4 is 0 Å². The highest BCUT2D eigenvalue weighted by molar-refractivity contribution is 7.72. The first-order valence-corrected chi connectivity index (χ1v) is 11.1. The molecule has 0 aromatic carbocycles. The molecule has 0 radical (unpaired) electrons. The minimum absolute atomic E-state index is 0.367. The lowest BCUT2D eigenvalue weighted by atomic mass is 11.0. The van der Waals surface area contributed by atoms with Crippen LogP contribution in [0.1, 0.15) is 0 Å². The van der Waals surface area contributed by atoms with Crippen molar-refractivity contribution in [3.05, 3.63) is 0 Å². The first-order valence-electron chi connectivity index (χ1n) is 4.33. The van der Waals surface area contributed by atoms with Gasteiger partial charge in [-0.05, 0) is 7.05 Å². The van der Waals surface area contributed by atoms with E-state index in [2.05, 4.69) is 0 Å². The summed E-state index contributed by atoms with van der Waals surface area (Å²) in [5, 5.41) is 0. The van der Waals surface area contributed by atoms with E-state index in [-0.39, 0.29) is 4.90 Å². The number of nitrogens with zero attached hydrogens (tertiary/aromatic N) is 1. The molecule has 0 saturated heterocycles. The van der Waals surface area contributed by atoms with Gasteiger partial charge in [0.1, 0.15) is 0 Å². The summed E-state index contributed by atoms with van der Waals surface area (Å²) in [5.74, 6) is 0. The summed E-state index contributed by atoms with van der Waals surface area (Å²) < 4.78 is 44.1. The molecule has 0 saturated carbocycles. The van der Waals surface area contributed by atoms with Gasteiger partial charge in [0.25, 0.3) is 0 Å². The third kappa shape index (κ3) is 5.40. The summed E-state index contributed by atoms with van der Waals surface area (Å²) >= 11 is 0. The number of hydrogen-bond donors (Lipinski definition) is 8. The molecule has 20 heavy (non-hydrogen) atoms. The molecular formula is C3H13NO12P4. The second-order valence-electron chi connectivity index (χ2n) is 3.71. The van der Waals surface area contributed by atoms with E-state index in [1.165, 1.54) is 0 Å². The Morgan fingerprint density at radius 2 is 0.750 bits per heavy atom. The van der Waals surface area contributed by atoms with Crippen LogP contribution in [0, 0.1) is 0 Å². The molecule has 0 bridgehead atoms. The molecule has 8 N–H and O–H groups in total. The van der Waals surface area contributed by atoms with E-state index in [0.29, 0.717) is 7.05 Å². The standard InChI is InChI=1S/C3H13NO12P4/c1-4(2(17(5,6)7)18(8,9)10)3(19(11,12)13)20(14,15)16/h2-3H,1H3,(H2,5,6,7)(H2,8,9,10)(H2,11,12,13)(H2,14,15,16). The van der Waals surface area contributed by atoms with Crippen LogP contribution in [0.3, 0.4) is 0 Å². The Morgan fingerprint density at radius 1 is 0.600 bits per heavy atom. The average Bonchev–Trinajstić information content (AvgIpc) is 1.88. The predicted molar refractivity (Wildman–Crippen MR) is 63.5 cm³/mol. The summed E-state index contributed by atoms with van der Waals surface area (Å²) in [6.45, 7) is 0. The molecule has 17 heteroatoms. The van der Waals surface area contributed by atoms with Crippen molar-refractivity contribution >= 4 is 30.4 Å². The molecule has 0 aliphatic heterocycles. The lowest BCUT2D eigenvalue weighted by molar-refractivity contribution is 0.228. The molecule has 122 valence electrons. The fourth-order valence-corrected chi connectivity index (χ4v) is 7.45. The predicted octanol–water partition coefficient (Wildman–Crippen LogP) is -1.80. The van der Waals surface area contributed by atoms with Gasteiger partial charge in [-0.25, -0.2) is 0 Å². The van der Waals surface area contributed by atoms with E-state index in [1.807, 2.05) is 0 Å². The Bertz CT molecular complexity index is 441. The van der Waals surface area contributed by atoms with Gasteiger partial charge in [-0.15, -0.1) is 0 Å². The minimum atomic E-state index is -5.67.